The van der Waals surface area contributed by atoms with Gasteiger partial charge in [0, 0.05) is 0 Å². The van der Waals surface area contributed by atoms with E-state index in [0.29, 0.717) is 5.52 Å². The number of rotatable bonds is 3. The molecule has 0 bridgehead atoms. The lowest BCUT2D eigenvalue weighted by molar-refractivity contribution is 0.572. The predicted molar refractivity (Wildman–Crippen MR) is 81.2 cm³/mol. The van der Waals surface area contributed by atoms with Gasteiger partial charge in [0.25, 0.3) is 10.0 Å². The Morgan fingerprint density at radius 1 is 1.14 bits per heavy atom. The molecular formula is C13H10FN3O2S2. The summed E-state index contributed by atoms with van der Waals surface area (Å²) < 4.78 is 41.3. The Balaban J connectivity index is 2.03. The number of aromatic nitrogens is 1. The molecule has 108 valence electrons. The van der Waals surface area contributed by atoms with E-state index in [-0.39, 0.29) is 10.8 Å². The zero-order valence-electron chi connectivity index (χ0n) is 10.6. The van der Waals surface area contributed by atoms with E-state index in [1.807, 2.05) is 12.1 Å². The van der Waals surface area contributed by atoms with Crippen LogP contribution < -0.4 is 10.5 Å². The molecule has 2 aromatic carbocycles. The van der Waals surface area contributed by atoms with Crippen molar-refractivity contribution in [2.45, 2.75) is 4.90 Å². The molecule has 0 fully saturated rings. The molecule has 1 heterocycles. The summed E-state index contributed by atoms with van der Waals surface area (Å²) in [6.45, 7) is 0. The van der Waals surface area contributed by atoms with Crippen LogP contribution in [0.4, 0.5) is 15.2 Å². The molecule has 0 amide bonds. The summed E-state index contributed by atoms with van der Waals surface area (Å²) in [4.78, 5) is 3.58. The summed E-state index contributed by atoms with van der Waals surface area (Å²) in [5, 5.41) is 0.166. The van der Waals surface area contributed by atoms with Crippen LogP contribution >= 0.6 is 11.3 Å². The molecule has 0 saturated carbocycles. The Morgan fingerprint density at radius 3 is 2.62 bits per heavy atom. The summed E-state index contributed by atoms with van der Waals surface area (Å²) in [6, 6.07) is 10.9. The van der Waals surface area contributed by atoms with E-state index >= 15 is 0 Å². The molecule has 0 unspecified atom stereocenters. The highest BCUT2D eigenvalue weighted by atomic mass is 32.2. The SMILES string of the molecule is Nc1cccc(F)c1S(=O)(=O)Nc1nc2ccccc2s1. The highest BCUT2D eigenvalue weighted by molar-refractivity contribution is 7.93. The molecule has 21 heavy (non-hydrogen) atoms. The number of nitrogens with one attached hydrogen (secondary N) is 1. The van der Waals surface area contributed by atoms with Gasteiger partial charge in [-0.25, -0.2) is 17.8 Å². The molecule has 1 aromatic heterocycles. The molecule has 0 aliphatic rings. The standard InChI is InChI=1S/C13H10FN3O2S2/c14-8-4-3-5-9(15)12(8)21(18,19)17-13-16-10-6-1-2-7-11(10)20-13/h1-7H,15H2,(H,16,17). The van der Waals surface area contributed by atoms with E-state index in [2.05, 4.69) is 9.71 Å². The topological polar surface area (TPSA) is 85.1 Å². The third-order valence-corrected chi connectivity index (χ3v) is 5.29. The Labute approximate surface area is 124 Å². The van der Waals surface area contributed by atoms with Crippen molar-refractivity contribution in [3.63, 3.8) is 0 Å². The summed E-state index contributed by atoms with van der Waals surface area (Å²) in [5.41, 5.74) is 6.08. The fourth-order valence-electron chi connectivity index (χ4n) is 1.89. The molecule has 8 heteroatoms. The van der Waals surface area contributed by atoms with Crippen molar-refractivity contribution in [1.82, 2.24) is 4.98 Å². The number of sulfonamides is 1. The molecule has 0 aliphatic carbocycles. The molecule has 0 spiro atoms. The first-order valence-corrected chi connectivity index (χ1v) is 8.20. The van der Waals surface area contributed by atoms with Crippen molar-refractivity contribution >= 4 is 42.4 Å². The second kappa shape index (κ2) is 4.97. The quantitative estimate of drug-likeness (QED) is 0.726. The lowest BCUT2D eigenvalue weighted by Gasteiger charge is -2.08. The molecule has 0 saturated heterocycles. The smallest absolute Gasteiger partial charge is 0.268 e. The maximum atomic E-state index is 13.7. The number of hydrogen-bond donors (Lipinski definition) is 2. The van der Waals surface area contributed by atoms with E-state index in [9.17, 15) is 12.8 Å². The third kappa shape index (κ3) is 2.55. The minimum absolute atomic E-state index is 0.149. The zero-order valence-corrected chi connectivity index (χ0v) is 12.2. The number of para-hydroxylation sites is 1. The van der Waals surface area contributed by atoms with Gasteiger partial charge in [-0.15, -0.1) is 0 Å². The van der Waals surface area contributed by atoms with Crippen molar-refractivity contribution in [3.05, 3.63) is 48.3 Å². The van der Waals surface area contributed by atoms with Gasteiger partial charge in [0.15, 0.2) is 5.13 Å². The van der Waals surface area contributed by atoms with Gasteiger partial charge in [-0.2, -0.15) is 0 Å². The highest BCUT2D eigenvalue weighted by Gasteiger charge is 2.23. The Hall–Kier alpha value is -2.19. The zero-order chi connectivity index (χ0) is 15.0. The average Bonchev–Trinajstić information content (AvgIpc) is 2.79. The monoisotopic (exact) mass is 323 g/mol. The fraction of sp³-hybridized carbons (Fsp3) is 0. The third-order valence-electron chi connectivity index (χ3n) is 2.78. The highest BCUT2D eigenvalue weighted by Crippen LogP contribution is 2.29. The first-order valence-electron chi connectivity index (χ1n) is 5.90. The normalized spacial score (nSPS) is 11.7. The van der Waals surface area contributed by atoms with Gasteiger partial charge >= 0.3 is 0 Å². The number of benzene rings is 2. The average molecular weight is 323 g/mol. The lowest BCUT2D eigenvalue weighted by Crippen LogP contribution is -2.16. The van der Waals surface area contributed by atoms with Crippen molar-refractivity contribution in [3.8, 4) is 0 Å². The van der Waals surface area contributed by atoms with Crippen LogP contribution in [0.25, 0.3) is 10.2 Å². The second-order valence-electron chi connectivity index (χ2n) is 4.25. The van der Waals surface area contributed by atoms with Crippen LogP contribution in [0.2, 0.25) is 0 Å². The molecule has 0 aliphatic heterocycles. The van der Waals surface area contributed by atoms with Crippen molar-refractivity contribution < 1.29 is 12.8 Å². The molecule has 5 nitrogen and oxygen atoms in total. The van der Waals surface area contributed by atoms with Crippen molar-refractivity contribution in [2.24, 2.45) is 0 Å². The maximum Gasteiger partial charge on any atom is 0.268 e. The minimum atomic E-state index is -4.12. The maximum absolute atomic E-state index is 13.7. The van der Waals surface area contributed by atoms with Gasteiger partial charge in [-0.1, -0.05) is 29.5 Å². The summed E-state index contributed by atoms with van der Waals surface area (Å²) in [6.07, 6.45) is 0. The molecule has 0 radical (unpaired) electrons. The van der Waals surface area contributed by atoms with Gasteiger partial charge in [-0.05, 0) is 24.3 Å². The number of nitrogen functional groups attached to an aromatic ring is 1. The second-order valence-corrected chi connectivity index (χ2v) is 6.90. The summed E-state index contributed by atoms with van der Waals surface area (Å²) in [5.74, 6) is -0.899. The number of halogens is 1. The van der Waals surface area contributed by atoms with Crippen LogP contribution in [0.15, 0.2) is 47.4 Å². The van der Waals surface area contributed by atoms with Crippen LogP contribution in [0, 0.1) is 5.82 Å². The van der Waals surface area contributed by atoms with Crippen LogP contribution in [-0.4, -0.2) is 13.4 Å². The fourth-order valence-corrected chi connectivity index (χ4v) is 4.18. The minimum Gasteiger partial charge on any atom is -0.398 e. The van der Waals surface area contributed by atoms with Crippen molar-refractivity contribution in [2.75, 3.05) is 10.5 Å². The van der Waals surface area contributed by atoms with Crippen LogP contribution in [0.3, 0.4) is 0 Å². The number of thiazole rings is 1. The number of fused-ring (bicyclic) bond motifs is 1. The predicted octanol–water partition coefficient (Wildman–Crippen LogP) is 2.82. The van der Waals surface area contributed by atoms with E-state index in [1.165, 1.54) is 23.5 Å². The Kier molecular flexibility index (Phi) is 3.26. The van der Waals surface area contributed by atoms with E-state index in [1.54, 1.807) is 12.1 Å². The molecular weight excluding hydrogens is 313 g/mol. The van der Waals surface area contributed by atoms with Gasteiger partial charge in [0.1, 0.15) is 10.7 Å². The van der Waals surface area contributed by atoms with Crippen LogP contribution in [-0.2, 0) is 10.0 Å². The van der Waals surface area contributed by atoms with E-state index < -0.39 is 20.7 Å². The van der Waals surface area contributed by atoms with Gasteiger partial charge in [-0.3, -0.25) is 4.72 Å². The van der Waals surface area contributed by atoms with Gasteiger partial charge < -0.3 is 5.73 Å². The number of hydrogen-bond acceptors (Lipinski definition) is 5. The Morgan fingerprint density at radius 2 is 1.90 bits per heavy atom. The largest absolute Gasteiger partial charge is 0.398 e. The van der Waals surface area contributed by atoms with Gasteiger partial charge in [0.05, 0.1) is 15.9 Å². The molecule has 3 aromatic rings. The molecule has 3 N–H and O–H groups in total. The van der Waals surface area contributed by atoms with Gasteiger partial charge in [0.2, 0.25) is 0 Å². The van der Waals surface area contributed by atoms with Crippen LogP contribution in [0.5, 0.6) is 0 Å². The number of nitrogens with zero attached hydrogens (tertiary/aromatic N) is 1. The van der Waals surface area contributed by atoms with E-state index in [0.717, 1.165) is 10.8 Å². The lowest BCUT2D eigenvalue weighted by atomic mass is 10.3. The first-order chi connectivity index (χ1) is 9.97. The number of nitrogens with two attached hydrogens (primary N) is 1. The number of anilines is 2. The van der Waals surface area contributed by atoms with E-state index in [4.69, 9.17) is 5.73 Å². The summed E-state index contributed by atoms with van der Waals surface area (Å²) in [7, 11) is -4.12. The van der Waals surface area contributed by atoms with Crippen LogP contribution in [0.1, 0.15) is 0 Å². The molecule has 0 atom stereocenters. The van der Waals surface area contributed by atoms with Crippen molar-refractivity contribution in [1.29, 1.82) is 0 Å². The summed E-state index contributed by atoms with van der Waals surface area (Å²) >= 11 is 1.17. The molecule has 3 rings (SSSR count). The first kappa shape index (κ1) is 13.8. The Bertz CT molecular complexity index is 869.